The molecule has 5 heteroatoms. The number of anilines is 1. The predicted molar refractivity (Wildman–Crippen MR) is 89.8 cm³/mol. The van der Waals surface area contributed by atoms with E-state index in [1.165, 1.54) is 0 Å². The van der Waals surface area contributed by atoms with Crippen molar-refractivity contribution in [2.75, 3.05) is 25.0 Å². The number of halogens is 1. The molecule has 1 aliphatic heterocycles. The quantitative estimate of drug-likeness (QED) is 0.898. The minimum atomic E-state index is -0.168. The van der Waals surface area contributed by atoms with E-state index in [4.69, 9.17) is 5.73 Å². The zero-order chi connectivity index (χ0) is 14.6. The van der Waals surface area contributed by atoms with Gasteiger partial charge in [0.25, 0.3) is 0 Å². The number of piperidine rings is 1. The van der Waals surface area contributed by atoms with E-state index >= 15 is 0 Å². The fourth-order valence-corrected chi connectivity index (χ4v) is 2.70. The second-order valence-electron chi connectivity index (χ2n) is 6.39. The van der Waals surface area contributed by atoms with Crippen LogP contribution in [0.1, 0.15) is 26.7 Å². The summed E-state index contributed by atoms with van der Waals surface area (Å²) < 4.78 is 0. The summed E-state index contributed by atoms with van der Waals surface area (Å²) in [5, 5.41) is 2.99. The highest BCUT2D eigenvalue weighted by Gasteiger charge is 2.27. The molecule has 1 saturated heterocycles. The van der Waals surface area contributed by atoms with Crippen molar-refractivity contribution in [1.29, 1.82) is 0 Å². The molecule has 0 spiro atoms. The molecule has 1 aliphatic rings. The Labute approximate surface area is 133 Å². The number of rotatable bonds is 4. The average Bonchev–Trinajstić information content (AvgIpc) is 2.39. The number of nitrogens with one attached hydrogen (secondary N) is 1. The molecular formula is C16H26ClN3O. The molecule has 4 nitrogen and oxygen atoms in total. The van der Waals surface area contributed by atoms with Crippen molar-refractivity contribution in [3.05, 3.63) is 30.3 Å². The third-order valence-corrected chi connectivity index (χ3v) is 3.63. The van der Waals surface area contributed by atoms with Crippen LogP contribution in [0.5, 0.6) is 0 Å². The molecule has 21 heavy (non-hydrogen) atoms. The lowest BCUT2D eigenvalue weighted by Gasteiger charge is -2.35. The molecule has 118 valence electrons. The van der Waals surface area contributed by atoms with Gasteiger partial charge >= 0.3 is 0 Å². The van der Waals surface area contributed by atoms with E-state index in [0.29, 0.717) is 0 Å². The lowest BCUT2D eigenvalue weighted by atomic mass is 9.94. The summed E-state index contributed by atoms with van der Waals surface area (Å²) >= 11 is 0. The van der Waals surface area contributed by atoms with Crippen LogP contribution in [-0.2, 0) is 4.79 Å². The van der Waals surface area contributed by atoms with Gasteiger partial charge in [0.1, 0.15) is 0 Å². The van der Waals surface area contributed by atoms with Crippen LogP contribution in [0.15, 0.2) is 30.3 Å². The number of carbonyl (C=O) groups excluding carboxylic acids is 1. The first-order chi connectivity index (χ1) is 9.44. The van der Waals surface area contributed by atoms with Crippen LogP contribution in [-0.4, -0.2) is 36.0 Å². The highest BCUT2D eigenvalue weighted by Crippen LogP contribution is 2.20. The van der Waals surface area contributed by atoms with Gasteiger partial charge < -0.3 is 16.0 Å². The maximum atomic E-state index is 12.2. The van der Waals surface area contributed by atoms with Crippen LogP contribution in [0.2, 0.25) is 0 Å². The fourth-order valence-electron chi connectivity index (χ4n) is 2.70. The number of hydrogen-bond donors (Lipinski definition) is 2. The Hall–Kier alpha value is -1.10. The van der Waals surface area contributed by atoms with Crippen LogP contribution in [0.4, 0.5) is 5.69 Å². The summed E-state index contributed by atoms with van der Waals surface area (Å²) in [5.41, 5.74) is 6.75. The highest BCUT2D eigenvalue weighted by atomic mass is 35.5. The highest BCUT2D eigenvalue weighted by molar-refractivity contribution is 5.92. The van der Waals surface area contributed by atoms with Crippen molar-refractivity contribution in [3.8, 4) is 0 Å². The third-order valence-electron chi connectivity index (χ3n) is 3.63. The number of benzene rings is 1. The van der Waals surface area contributed by atoms with Crippen LogP contribution in [0, 0.1) is 5.92 Å². The van der Waals surface area contributed by atoms with Crippen LogP contribution in [0.25, 0.3) is 0 Å². The first-order valence-corrected chi connectivity index (χ1v) is 7.31. The van der Waals surface area contributed by atoms with E-state index in [2.05, 4.69) is 10.2 Å². The number of nitrogens with zero attached hydrogens (tertiary/aromatic N) is 1. The Morgan fingerprint density at radius 1 is 1.29 bits per heavy atom. The molecule has 0 aromatic heterocycles. The molecule has 1 amide bonds. The van der Waals surface area contributed by atoms with Crippen LogP contribution in [0.3, 0.4) is 0 Å². The summed E-state index contributed by atoms with van der Waals surface area (Å²) in [7, 11) is 0. The second kappa shape index (κ2) is 7.78. The lowest BCUT2D eigenvalue weighted by molar-refractivity contribution is -0.121. The van der Waals surface area contributed by atoms with Gasteiger partial charge in [-0.2, -0.15) is 0 Å². The Bertz CT molecular complexity index is 437. The number of para-hydroxylation sites is 1. The second-order valence-corrected chi connectivity index (χ2v) is 6.39. The van der Waals surface area contributed by atoms with Gasteiger partial charge in [0.15, 0.2) is 0 Å². The van der Waals surface area contributed by atoms with E-state index in [-0.39, 0.29) is 29.8 Å². The molecule has 0 atom stereocenters. The molecule has 2 rings (SSSR count). The zero-order valence-electron chi connectivity index (χ0n) is 12.8. The molecule has 0 saturated carbocycles. The monoisotopic (exact) mass is 311 g/mol. The molecule has 0 aliphatic carbocycles. The smallest absolute Gasteiger partial charge is 0.227 e. The van der Waals surface area contributed by atoms with Crippen LogP contribution >= 0.6 is 12.4 Å². The number of nitrogens with two attached hydrogens (primary N) is 1. The summed E-state index contributed by atoms with van der Waals surface area (Å²) in [5.74, 6) is 0.259. The minimum Gasteiger partial charge on any atom is -0.326 e. The summed E-state index contributed by atoms with van der Waals surface area (Å²) in [6.45, 7) is 6.88. The van der Waals surface area contributed by atoms with Gasteiger partial charge in [0.05, 0.1) is 0 Å². The summed E-state index contributed by atoms with van der Waals surface area (Å²) in [4.78, 5) is 14.6. The van der Waals surface area contributed by atoms with Gasteiger partial charge in [0.2, 0.25) is 5.91 Å². The Morgan fingerprint density at radius 2 is 1.86 bits per heavy atom. The Morgan fingerprint density at radius 3 is 2.38 bits per heavy atom. The molecule has 1 heterocycles. The van der Waals surface area contributed by atoms with Crippen molar-refractivity contribution in [1.82, 2.24) is 4.90 Å². The maximum absolute atomic E-state index is 12.2. The molecule has 1 aromatic carbocycles. The molecule has 0 bridgehead atoms. The molecule has 3 N–H and O–H groups in total. The number of likely N-dealkylation sites (tertiary alicyclic amines) is 1. The number of hydrogen-bond acceptors (Lipinski definition) is 3. The molecule has 0 radical (unpaired) electrons. The summed E-state index contributed by atoms with van der Waals surface area (Å²) in [6, 6.07) is 9.65. The maximum Gasteiger partial charge on any atom is 0.227 e. The summed E-state index contributed by atoms with van der Waals surface area (Å²) in [6.07, 6.45) is 1.82. The van der Waals surface area contributed by atoms with Gasteiger partial charge in [-0.15, -0.1) is 12.4 Å². The normalized spacial score (nSPS) is 17.1. The number of amides is 1. The topological polar surface area (TPSA) is 58.4 Å². The van der Waals surface area contributed by atoms with Gasteiger partial charge in [-0.05, 0) is 51.9 Å². The SMILES string of the molecule is CC(C)(N)CN1CCC(C(=O)Nc2ccccc2)CC1.Cl. The van der Waals surface area contributed by atoms with Gasteiger partial charge in [-0.1, -0.05) is 18.2 Å². The minimum absolute atomic E-state index is 0. The van der Waals surface area contributed by atoms with Gasteiger partial charge in [0, 0.05) is 23.7 Å². The van der Waals surface area contributed by atoms with Crippen molar-refractivity contribution < 1.29 is 4.79 Å². The zero-order valence-corrected chi connectivity index (χ0v) is 13.7. The average molecular weight is 312 g/mol. The molecular weight excluding hydrogens is 286 g/mol. The van der Waals surface area contributed by atoms with E-state index in [1.807, 2.05) is 44.2 Å². The van der Waals surface area contributed by atoms with E-state index < -0.39 is 0 Å². The van der Waals surface area contributed by atoms with Gasteiger partial charge in [-0.25, -0.2) is 0 Å². The van der Waals surface area contributed by atoms with E-state index in [9.17, 15) is 4.79 Å². The first-order valence-electron chi connectivity index (χ1n) is 7.31. The lowest BCUT2D eigenvalue weighted by Crippen LogP contribution is -2.48. The first kappa shape index (κ1) is 18.0. The molecule has 1 fully saturated rings. The third kappa shape index (κ3) is 6.04. The van der Waals surface area contributed by atoms with Crippen molar-refractivity contribution in [2.45, 2.75) is 32.2 Å². The van der Waals surface area contributed by atoms with E-state index in [0.717, 1.165) is 38.2 Å². The van der Waals surface area contributed by atoms with Gasteiger partial charge in [-0.3, -0.25) is 4.79 Å². The molecule has 0 unspecified atom stereocenters. The largest absolute Gasteiger partial charge is 0.326 e. The van der Waals surface area contributed by atoms with Crippen molar-refractivity contribution >= 4 is 24.0 Å². The van der Waals surface area contributed by atoms with E-state index in [1.54, 1.807) is 0 Å². The number of carbonyl (C=O) groups is 1. The van der Waals surface area contributed by atoms with Crippen LogP contribution < -0.4 is 11.1 Å². The molecule has 1 aromatic rings. The van der Waals surface area contributed by atoms with Crippen molar-refractivity contribution in [3.63, 3.8) is 0 Å². The van der Waals surface area contributed by atoms with Crippen molar-refractivity contribution in [2.24, 2.45) is 11.7 Å². The Balaban J connectivity index is 0.00000220. The fraction of sp³-hybridized carbons (Fsp3) is 0.562. The standard InChI is InChI=1S/C16H25N3O.ClH/c1-16(2,17)12-19-10-8-13(9-11-19)15(20)18-14-6-4-3-5-7-14;/h3-7,13H,8-12,17H2,1-2H3,(H,18,20);1H. The Kier molecular flexibility index (Phi) is 6.65. The predicted octanol–water partition coefficient (Wildman–Crippen LogP) is 2.50.